The van der Waals surface area contributed by atoms with Gasteiger partial charge in [-0.3, -0.25) is 5.41 Å². The van der Waals surface area contributed by atoms with Gasteiger partial charge in [-0.25, -0.2) is 0 Å². The number of hydrogen-bond donors (Lipinski definition) is 3. The number of nitrogens with one attached hydrogen (secondary N) is 1. The largest absolute Gasteiger partial charge is 0.386 e. The molecule has 0 radical (unpaired) electrons. The summed E-state index contributed by atoms with van der Waals surface area (Å²) in [6.07, 6.45) is 2.90. The van der Waals surface area contributed by atoms with E-state index in [9.17, 15) is 0 Å². The Morgan fingerprint density at radius 1 is 1.30 bits per heavy atom. The molecule has 0 aromatic rings. The van der Waals surface area contributed by atoms with Crippen molar-refractivity contribution in [2.45, 2.75) is 24.8 Å². The molecule has 5 N–H and O–H groups in total. The second-order valence-electron chi connectivity index (χ2n) is 2.42. The molecular weight excluding hydrogens is 173 g/mol. The molecule has 1 rings (SSSR count). The van der Waals surface area contributed by atoms with Crippen LogP contribution in [0, 0.1) is 5.41 Å². The van der Waals surface area contributed by atoms with Gasteiger partial charge in [0.25, 0.3) is 0 Å². The van der Waals surface area contributed by atoms with Gasteiger partial charge in [-0.15, -0.1) is 24.8 Å². The van der Waals surface area contributed by atoms with Crippen molar-refractivity contribution < 1.29 is 0 Å². The number of rotatable bonds is 1. The molecule has 1 saturated carbocycles. The Hall–Kier alpha value is 0.01000. The molecule has 0 heterocycles. The van der Waals surface area contributed by atoms with Crippen LogP contribution < -0.4 is 11.5 Å². The highest BCUT2D eigenvalue weighted by Gasteiger charge is 2.35. The lowest BCUT2D eigenvalue weighted by atomic mass is 9.77. The van der Waals surface area contributed by atoms with E-state index in [0.29, 0.717) is 0 Å². The summed E-state index contributed by atoms with van der Waals surface area (Å²) in [6.45, 7) is 0. The lowest BCUT2D eigenvalue weighted by molar-refractivity contribution is 0.339. The highest BCUT2D eigenvalue weighted by Crippen LogP contribution is 2.28. The predicted octanol–water partition coefficient (Wildman–Crippen LogP) is 0.647. The van der Waals surface area contributed by atoms with Crippen LogP contribution in [0.2, 0.25) is 0 Å². The second-order valence-corrected chi connectivity index (χ2v) is 2.42. The summed E-state index contributed by atoms with van der Waals surface area (Å²) in [7, 11) is 0. The summed E-state index contributed by atoms with van der Waals surface area (Å²) < 4.78 is 0. The van der Waals surface area contributed by atoms with Crippen molar-refractivity contribution >= 4 is 30.6 Å². The average molecular weight is 186 g/mol. The van der Waals surface area contributed by atoms with E-state index in [1.54, 1.807) is 0 Å². The SMILES string of the molecule is Cl.Cl.N=C(N)C1(N)CCC1. The first-order valence-corrected chi connectivity index (χ1v) is 2.78. The monoisotopic (exact) mass is 185 g/mol. The fourth-order valence-corrected chi connectivity index (χ4v) is 0.827. The molecule has 0 bridgehead atoms. The number of amidine groups is 1. The van der Waals surface area contributed by atoms with Gasteiger partial charge in [-0.05, 0) is 19.3 Å². The molecule has 5 heteroatoms. The van der Waals surface area contributed by atoms with Crippen molar-refractivity contribution in [2.24, 2.45) is 11.5 Å². The van der Waals surface area contributed by atoms with Gasteiger partial charge in [0, 0.05) is 0 Å². The lowest BCUT2D eigenvalue weighted by Gasteiger charge is -2.36. The van der Waals surface area contributed by atoms with Crippen LogP contribution in [0.4, 0.5) is 0 Å². The number of halogens is 2. The zero-order valence-electron chi connectivity index (χ0n) is 5.59. The topological polar surface area (TPSA) is 75.9 Å². The standard InChI is InChI=1S/C5H11N3.2ClH/c6-4(7)5(8)2-1-3-5;;/h1-3,8H2,(H3,6,7);2*1H. The minimum absolute atomic E-state index is 0. The van der Waals surface area contributed by atoms with Crippen LogP contribution >= 0.6 is 24.8 Å². The lowest BCUT2D eigenvalue weighted by Crippen LogP contribution is -2.56. The summed E-state index contributed by atoms with van der Waals surface area (Å²) in [4.78, 5) is 0. The summed E-state index contributed by atoms with van der Waals surface area (Å²) in [5, 5.41) is 7.00. The molecule has 10 heavy (non-hydrogen) atoms. The number of hydrogen-bond acceptors (Lipinski definition) is 2. The minimum Gasteiger partial charge on any atom is -0.386 e. The van der Waals surface area contributed by atoms with Gasteiger partial charge in [0.15, 0.2) is 0 Å². The van der Waals surface area contributed by atoms with Gasteiger partial charge >= 0.3 is 0 Å². The van der Waals surface area contributed by atoms with Crippen LogP contribution in [-0.2, 0) is 0 Å². The molecule has 0 amide bonds. The van der Waals surface area contributed by atoms with E-state index >= 15 is 0 Å². The van der Waals surface area contributed by atoms with Crippen LogP contribution in [0.3, 0.4) is 0 Å². The Kier molecular flexibility index (Phi) is 5.08. The smallest absolute Gasteiger partial charge is 0.111 e. The van der Waals surface area contributed by atoms with Gasteiger partial charge in [-0.2, -0.15) is 0 Å². The Morgan fingerprint density at radius 2 is 1.70 bits per heavy atom. The first-order valence-electron chi connectivity index (χ1n) is 2.78. The third-order valence-corrected chi connectivity index (χ3v) is 1.78. The molecule has 0 spiro atoms. The summed E-state index contributed by atoms with van der Waals surface area (Å²) in [5.41, 5.74) is 10.4. The maximum atomic E-state index is 7.00. The highest BCUT2D eigenvalue weighted by molar-refractivity contribution is 5.87. The molecule has 0 unspecified atom stereocenters. The molecule has 0 aromatic carbocycles. The van der Waals surface area contributed by atoms with E-state index in [2.05, 4.69) is 0 Å². The first-order chi connectivity index (χ1) is 3.65. The van der Waals surface area contributed by atoms with Crippen molar-refractivity contribution in [3.8, 4) is 0 Å². The van der Waals surface area contributed by atoms with Gasteiger partial charge in [0.05, 0.1) is 5.54 Å². The van der Waals surface area contributed by atoms with Crippen LogP contribution in [0.15, 0.2) is 0 Å². The Morgan fingerprint density at radius 3 is 1.70 bits per heavy atom. The van der Waals surface area contributed by atoms with Crippen LogP contribution in [0.25, 0.3) is 0 Å². The molecular formula is C5H13Cl2N3. The van der Waals surface area contributed by atoms with Crippen molar-refractivity contribution in [3.05, 3.63) is 0 Å². The van der Waals surface area contributed by atoms with Gasteiger partial charge in [0.2, 0.25) is 0 Å². The summed E-state index contributed by atoms with van der Waals surface area (Å²) in [6, 6.07) is 0. The van der Waals surface area contributed by atoms with E-state index < -0.39 is 5.54 Å². The summed E-state index contributed by atoms with van der Waals surface area (Å²) >= 11 is 0. The van der Waals surface area contributed by atoms with Gasteiger partial charge in [0.1, 0.15) is 5.84 Å². The molecule has 0 aromatic heterocycles. The predicted molar refractivity (Wildman–Crippen MR) is 47.2 cm³/mol. The summed E-state index contributed by atoms with van der Waals surface area (Å²) in [5.74, 6) is 0.142. The Balaban J connectivity index is 0. The zero-order valence-corrected chi connectivity index (χ0v) is 7.23. The third kappa shape index (κ3) is 2.01. The Bertz CT molecular complexity index is 122. The third-order valence-electron chi connectivity index (χ3n) is 1.78. The Labute approximate surface area is 72.9 Å². The molecule has 0 atom stereocenters. The molecule has 1 aliphatic rings. The fraction of sp³-hybridized carbons (Fsp3) is 0.800. The van der Waals surface area contributed by atoms with Crippen LogP contribution in [-0.4, -0.2) is 11.4 Å². The van der Waals surface area contributed by atoms with Crippen molar-refractivity contribution in [1.82, 2.24) is 0 Å². The quantitative estimate of drug-likeness (QED) is 0.415. The first kappa shape index (κ1) is 12.7. The van der Waals surface area contributed by atoms with E-state index in [-0.39, 0.29) is 30.6 Å². The van der Waals surface area contributed by atoms with Crippen molar-refractivity contribution in [2.75, 3.05) is 0 Å². The van der Waals surface area contributed by atoms with Crippen LogP contribution in [0.1, 0.15) is 19.3 Å². The van der Waals surface area contributed by atoms with E-state index in [4.69, 9.17) is 16.9 Å². The number of nitrogens with two attached hydrogens (primary N) is 2. The normalized spacial score (nSPS) is 19.3. The molecule has 3 nitrogen and oxygen atoms in total. The second kappa shape index (κ2) is 4.01. The average Bonchev–Trinajstić information content (AvgIpc) is 1.60. The molecule has 0 saturated heterocycles. The van der Waals surface area contributed by atoms with Crippen molar-refractivity contribution in [3.63, 3.8) is 0 Å². The minimum atomic E-state index is -0.417. The zero-order chi connectivity index (χ0) is 6.20. The van der Waals surface area contributed by atoms with E-state index in [1.807, 2.05) is 0 Å². The van der Waals surface area contributed by atoms with Crippen molar-refractivity contribution in [1.29, 1.82) is 5.41 Å². The molecule has 0 aliphatic heterocycles. The maximum absolute atomic E-state index is 7.00. The van der Waals surface area contributed by atoms with Crippen LogP contribution in [0.5, 0.6) is 0 Å². The van der Waals surface area contributed by atoms with E-state index in [1.165, 1.54) is 0 Å². The van der Waals surface area contributed by atoms with Gasteiger partial charge in [-0.1, -0.05) is 0 Å². The highest BCUT2D eigenvalue weighted by atomic mass is 35.5. The fourth-order valence-electron chi connectivity index (χ4n) is 0.827. The molecule has 1 aliphatic carbocycles. The maximum Gasteiger partial charge on any atom is 0.111 e. The van der Waals surface area contributed by atoms with Gasteiger partial charge < -0.3 is 11.5 Å². The molecule has 1 fully saturated rings. The molecule has 62 valence electrons. The van der Waals surface area contributed by atoms with E-state index in [0.717, 1.165) is 19.3 Å².